The minimum atomic E-state index is -0.0729. The fourth-order valence-electron chi connectivity index (χ4n) is 2.62. The van der Waals surface area contributed by atoms with E-state index in [1.807, 2.05) is 24.3 Å². The Morgan fingerprint density at radius 1 is 0.885 bits per heavy atom. The molecule has 26 heavy (non-hydrogen) atoms. The van der Waals surface area contributed by atoms with Crippen molar-refractivity contribution in [3.63, 3.8) is 0 Å². The smallest absolute Gasteiger partial charge is 0.225 e. The molecule has 0 unspecified atom stereocenters. The average molecular weight is 346 g/mol. The standard InChI is InChI=1S/C22H26N4/c1-16-10-12-17(13-11-16)15-23-21-24-19(18-8-6-5-7-9-18)14-20(25-21)26-22(2,3)4/h5-14H,15H2,1-4H3,(H2,23,24,25,26). The van der Waals surface area contributed by atoms with Gasteiger partial charge in [0.2, 0.25) is 5.95 Å². The molecule has 0 saturated carbocycles. The molecule has 0 aliphatic heterocycles. The Balaban J connectivity index is 1.87. The van der Waals surface area contributed by atoms with E-state index in [1.54, 1.807) is 0 Å². The number of aryl methyl sites for hydroxylation is 1. The Bertz CT molecular complexity index is 850. The fraction of sp³-hybridized carbons (Fsp3) is 0.273. The molecule has 0 radical (unpaired) electrons. The molecule has 0 saturated heterocycles. The molecule has 0 fully saturated rings. The first-order chi connectivity index (χ1) is 12.4. The lowest BCUT2D eigenvalue weighted by atomic mass is 10.1. The summed E-state index contributed by atoms with van der Waals surface area (Å²) in [6.07, 6.45) is 0. The van der Waals surface area contributed by atoms with Gasteiger partial charge < -0.3 is 10.6 Å². The van der Waals surface area contributed by atoms with Crippen LogP contribution in [0.4, 0.5) is 11.8 Å². The normalized spacial score (nSPS) is 11.2. The van der Waals surface area contributed by atoms with Crippen molar-refractivity contribution in [1.29, 1.82) is 0 Å². The quantitative estimate of drug-likeness (QED) is 0.660. The van der Waals surface area contributed by atoms with Crippen molar-refractivity contribution >= 4 is 11.8 Å². The van der Waals surface area contributed by atoms with E-state index in [2.05, 4.69) is 79.7 Å². The summed E-state index contributed by atoms with van der Waals surface area (Å²) in [6, 6.07) is 20.7. The van der Waals surface area contributed by atoms with Crippen molar-refractivity contribution in [3.05, 3.63) is 71.8 Å². The molecule has 0 atom stereocenters. The summed E-state index contributed by atoms with van der Waals surface area (Å²) in [5.74, 6) is 1.44. The summed E-state index contributed by atoms with van der Waals surface area (Å²) in [5.41, 5.74) is 4.36. The molecule has 4 heteroatoms. The second kappa shape index (κ2) is 7.56. The second-order valence-corrected chi connectivity index (χ2v) is 7.54. The largest absolute Gasteiger partial charge is 0.365 e. The number of aromatic nitrogens is 2. The highest BCUT2D eigenvalue weighted by Gasteiger charge is 2.13. The van der Waals surface area contributed by atoms with E-state index in [0.717, 1.165) is 17.1 Å². The summed E-state index contributed by atoms with van der Waals surface area (Å²) < 4.78 is 0. The summed E-state index contributed by atoms with van der Waals surface area (Å²) in [6.45, 7) is 9.14. The van der Waals surface area contributed by atoms with Crippen LogP contribution in [0.1, 0.15) is 31.9 Å². The second-order valence-electron chi connectivity index (χ2n) is 7.54. The zero-order chi connectivity index (χ0) is 18.6. The maximum absolute atomic E-state index is 4.70. The lowest BCUT2D eigenvalue weighted by Crippen LogP contribution is -2.27. The number of nitrogens with one attached hydrogen (secondary N) is 2. The highest BCUT2D eigenvalue weighted by atomic mass is 15.2. The van der Waals surface area contributed by atoms with Crippen molar-refractivity contribution in [1.82, 2.24) is 9.97 Å². The van der Waals surface area contributed by atoms with Crippen LogP contribution < -0.4 is 10.6 Å². The lowest BCUT2D eigenvalue weighted by Gasteiger charge is -2.22. The fourth-order valence-corrected chi connectivity index (χ4v) is 2.62. The molecule has 0 aliphatic rings. The molecule has 4 nitrogen and oxygen atoms in total. The number of nitrogens with zero attached hydrogens (tertiary/aromatic N) is 2. The average Bonchev–Trinajstić information content (AvgIpc) is 2.60. The Labute approximate surface area is 155 Å². The number of hydrogen-bond acceptors (Lipinski definition) is 4. The van der Waals surface area contributed by atoms with Gasteiger partial charge in [0.15, 0.2) is 0 Å². The van der Waals surface area contributed by atoms with Crippen LogP contribution in [0.2, 0.25) is 0 Å². The van der Waals surface area contributed by atoms with Crippen molar-refractivity contribution in [3.8, 4) is 11.3 Å². The van der Waals surface area contributed by atoms with Gasteiger partial charge in [-0.25, -0.2) is 4.98 Å². The van der Waals surface area contributed by atoms with Gasteiger partial charge in [-0.2, -0.15) is 4.98 Å². The summed E-state index contributed by atoms with van der Waals surface area (Å²) >= 11 is 0. The first-order valence-corrected chi connectivity index (χ1v) is 8.91. The third-order valence-electron chi connectivity index (χ3n) is 3.87. The van der Waals surface area contributed by atoms with Gasteiger partial charge >= 0.3 is 0 Å². The first kappa shape index (κ1) is 17.9. The van der Waals surface area contributed by atoms with E-state index in [0.29, 0.717) is 12.5 Å². The van der Waals surface area contributed by atoms with Gasteiger partial charge in [-0.3, -0.25) is 0 Å². The molecule has 2 aromatic carbocycles. The highest BCUT2D eigenvalue weighted by Crippen LogP contribution is 2.23. The topological polar surface area (TPSA) is 49.8 Å². The molecule has 3 rings (SSSR count). The zero-order valence-electron chi connectivity index (χ0n) is 15.9. The van der Waals surface area contributed by atoms with E-state index in [-0.39, 0.29) is 5.54 Å². The number of rotatable bonds is 5. The third kappa shape index (κ3) is 5.06. The van der Waals surface area contributed by atoms with Crippen LogP contribution in [0.5, 0.6) is 0 Å². The summed E-state index contributed by atoms with van der Waals surface area (Å²) in [4.78, 5) is 9.35. The van der Waals surface area contributed by atoms with E-state index in [4.69, 9.17) is 4.98 Å². The Morgan fingerprint density at radius 2 is 1.58 bits per heavy atom. The van der Waals surface area contributed by atoms with Gasteiger partial charge in [0, 0.05) is 23.7 Å². The van der Waals surface area contributed by atoms with E-state index < -0.39 is 0 Å². The Hall–Kier alpha value is -2.88. The SMILES string of the molecule is Cc1ccc(CNc2nc(NC(C)(C)C)cc(-c3ccccc3)n2)cc1. The molecule has 1 aromatic heterocycles. The van der Waals surface area contributed by atoms with Gasteiger partial charge in [0.25, 0.3) is 0 Å². The third-order valence-corrected chi connectivity index (χ3v) is 3.87. The number of benzene rings is 2. The van der Waals surface area contributed by atoms with Crippen LogP contribution in [0, 0.1) is 6.92 Å². The molecule has 0 aliphatic carbocycles. The molecule has 0 bridgehead atoms. The van der Waals surface area contributed by atoms with Crippen molar-refractivity contribution in [2.75, 3.05) is 10.6 Å². The molecule has 134 valence electrons. The van der Waals surface area contributed by atoms with Gasteiger partial charge in [-0.1, -0.05) is 60.2 Å². The molecule has 1 heterocycles. The van der Waals surface area contributed by atoms with Crippen LogP contribution in [-0.2, 0) is 6.54 Å². The Kier molecular flexibility index (Phi) is 5.21. The molecular formula is C22H26N4. The summed E-state index contributed by atoms with van der Waals surface area (Å²) in [5, 5.41) is 6.80. The highest BCUT2D eigenvalue weighted by molar-refractivity contribution is 5.64. The maximum atomic E-state index is 4.70. The van der Waals surface area contributed by atoms with Crippen molar-refractivity contribution in [2.24, 2.45) is 0 Å². The number of anilines is 2. The predicted molar refractivity (Wildman–Crippen MR) is 109 cm³/mol. The molecular weight excluding hydrogens is 320 g/mol. The van der Waals surface area contributed by atoms with Gasteiger partial charge in [-0.15, -0.1) is 0 Å². The maximum Gasteiger partial charge on any atom is 0.225 e. The van der Waals surface area contributed by atoms with Gasteiger partial charge in [0.1, 0.15) is 5.82 Å². The zero-order valence-corrected chi connectivity index (χ0v) is 15.9. The molecule has 2 N–H and O–H groups in total. The van der Waals surface area contributed by atoms with Gasteiger partial charge in [0.05, 0.1) is 5.69 Å². The van der Waals surface area contributed by atoms with Crippen molar-refractivity contribution < 1.29 is 0 Å². The van der Waals surface area contributed by atoms with Crippen LogP contribution in [-0.4, -0.2) is 15.5 Å². The summed E-state index contributed by atoms with van der Waals surface area (Å²) in [7, 11) is 0. The lowest BCUT2D eigenvalue weighted by molar-refractivity contribution is 0.630. The molecule has 3 aromatic rings. The minimum Gasteiger partial charge on any atom is -0.365 e. The molecule has 0 amide bonds. The minimum absolute atomic E-state index is 0.0729. The van der Waals surface area contributed by atoms with Crippen LogP contribution in [0.3, 0.4) is 0 Å². The number of hydrogen-bond donors (Lipinski definition) is 2. The molecule has 0 spiro atoms. The van der Waals surface area contributed by atoms with Crippen molar-refractivity contribution in [2.45, 2.75) is 39.8 Å². The van der Waals surface area contributed by atoms with Crippen LogP contribution in [0.25, 0.3) is 11.3 Å². The van der Waals surface area contributed by atoms with E-state index in [1.165, 1.54) is 11.1 Å². The van der Waals surface area contributed by atoms with Crippen LogP contribution >= 0.6 is 0 Å². The first-order valence-electron chi connectivity index (χ1n) is 8.91. The Morgan fingerprint density at radius 3 is 2.23 bits per heavy atom. The van der Waals surface area contributed by atoms with Gasteiger partial charge in [-0.05, 0) is 33.3 Å². The van der Waals surface area contributed by atoms with E-state index >= 15 is 0 Å². The predicted octanol–water partition coefficient (Wildman–Crippen LogP) is 5.27. The van der Waals surface area contributed by atoms with Crippen LogP contribution in [0.15, 0.2) is 60.7 Å². The monoisotopic (exact) mass is 346 g/mol. The van der Waals surface area contributed by atoms with E-state index in [9.17, 15) is 0 Å².